The Morgan fingerprint density at radius 1 is 0.786 bits per heavy atom. The molecule has 0 radical (unpaired) electrons. The van der Waals surface area contributed by atoms with Crippen LogP contribution >= 0.6 is 0 Å². The normalized spacial score (nSPS) is 10.6. The molecular weight excluding hydrogens is 348 g/mol. The van der Waals surface area contributed by atoms with Crippen molar-refractivity contribution in [1.29, 1.82) is 0 Å². The fourth-order valence-electron chi connectivity index (χ4n) is 3.41. The van der Waals surface area contributed by atoms with Crippen LogP contribution in [0.1, 0.15) is 0 Å². The van der Waals surface area contributed by atoms with Crippen molar-refractivity contribution in [3.8, 4) is 39.3 Å². The third kappa shape index (κ3) is 3.21. The quantitative estimate of drug-likeness (QED) is 0.520. The molecule has 0 fully saturated rings. The minimum atomic E-state index is -0.0322. The SMILES string of the molecule is COc1ccc(-c2cc(-c3ccccc3)c(=O)n(C)c2-c2ccncc2)cc1. The molecule has 4 nitrogen and oxygen atoms in total. The molecule has 0 bridgehead atoms. The zero-order valence-corrected chi connectivity index (χ0v) is 15.8. The van der Waals surface area contributed by atoms with Gasteiger partial charge in [0.2, 0.25) is 0 Å². The van der Waals surface area contributed by atoms with Gasteiger partial charge < -0.3 is 9.30 Å². The zero-order chi connectivity index (χ0) is 19.5. The third-order valence-electron chi connectivity index (χ3n) is 4.85. The number of rotatable bonds is 4. The van der Waals surface area contributed by atoms with Crippen molar-refractivity contribution in [1.82, 2.24) is 9.55 Å². The minimum absolute atomic E-state index is 0.0322. The Morgan fingerprint density at radius 2 is 1.43 bits per heavy atom. The van der Waals surface area contributed by atoms with Crippen molar-refractivity contribution >= 4 is 0 Å². The van der Waals surface area contributed by atoms with Gasteiger partial charge in [-0.15, -0.1) is 0 Å². The highest BCUT2D eigenvalue weighted by Crippen LogP contribution is 2.34. The highest BCUT2D eigenvalue weighted by Gasteiger charge is 2.16. The molecular formula is C24H20N2O2. The van der Waals surface area contributed by atoms with Crippen LogP contribution in [-0.4, -0.2) is 16.7 Å². The van der Waals surface area contributed by atoms with E-state index < -0.39 is 0 Å². The first-order valence-electron chi connectivity index (χ1n) is 9.03. The Hall–Kier alpha value is -3.66. The molecule has 0 aliphatic heterocycles. The van der Waals surface area contributed by atoms with E-state index in [1.807, 2.05) is 79.8 Å². The number of pyridine rings is 2. The van der Waals surface area contributed by atoms with E-state index in [0.29, 0.717) is 5.56 Å². The summed E-state index contributed by atoms with van der Waals surface area (Å²) in [5, 5.41) is 0. The van der Waals surface area contributed by atoms with Gasteiger partial charge in [0.15, 0.2) is 0 Å². The molecule has 0 saturated carbocycles. The molecule has 0 amide bonds. The van der Waals surface area contributed by atoms with Crippen LogP contribution in [0.4, 0.5) is 0 Å². The minimum Gasteiger partial charge on any atom is -0.497 e. The molecule has 2 heterocycles. The van der Waals surface area contributed by atoms with E-state index in [-0.39, 0.29) is 5.56 Å². The lowest BCUT2D eigenvalue weighted by Crippen LogP contribution is -2.21. The van der Waals surface area contributed by atoms with Gasteiger partial charge in [-0.2, -0.15) is 0 Å². The molecule has 0 atom stereocenters. The molecule has 28 heavy (non-hydrogen) atoms. The smallest absolute Gasteiger partial charge is 0.258 e. The molecule has 4 aromatic rings. The predicted octanol–water partition coefficient (Wildman–Crippen LogP) is 4.79. The van der Waals surface area contributed by atoms with Crippen molar-refractivity contribution < 1.29 is 4.74 Å². The van der Waals surface area contributed by atoms with E-state index in [2.05, 4.69) is 4.98 Å². The van der Waals surface area contributed by atoms with E-state index in [1.165, 1.54) is 0 Å². The Bertz CT molecular complexity index is 1150. The summed E-state index contributed by atoms with van der Waals surface area (Å²) in [5.41, 5.74) is 5.34. The lowest BCUT2D eigenvalue weighted by Gasteiger charge is -2.17. The number of hydrogen-bond donors (Lipinski definition) is 0. The Labute approximate surface area is 163 Å². The number of nitrogens with zero attached hydrogens (tertiary/aromatic N) is 2. The van der Waals surface area contributed by atoms with Crippen LogP contribution in [0, 0.1) is 0 Å². The molecule has 0 spiro atoms. The average molecular weight is 368 g/mol. The van der Waals surface area contributed by atoms with Gasteiger partial charge in [-0.25, -0.2) is 0 Å². The van der Waals surface area contributed by atoms with E-state index in [4.69, 9.17) is 4.74 Å². The number of benzene rings is 2. The second-order valence-electron chi connectivity index (χ2n) is 6.51. The van der Waals surface area contributed by atoms with Crippen molar-refractivity contribution in [2.75, 3.05) is 7.11 Å². The molecule has 2 aromatic heterocycles. The van der Waals surface area contributed by atoms with Crippen LogP contribution in [0.25, 0.3) is 33.5 Å². The number of methoxy groups -OCH3 is 1. The van der Waals surface area contributed by atoms with Crippen LogP contribution in [0.15, 0.2) is 90.0 Å². The predicted molar refractivity (Wildman–Crippen MR) is 112 cm³/mol. The van der Waals surface area contributed by atoms with E-state index in [0.717, 1.165) is 33.7 Å². The van der Waals surface area contributed by atoms with Crippen LogP contribution in [-0.2, 0) is 7.05 Å². The van der Waals surface area contributed by atoms with Gasteiger partial charge in [0.1, 0.15) is 5.75 Å². The largest absolute Gasteiger partial charge is 0.497 e. The topological polar surface area (TPSA) is 44.1 Å². The van der Waals surface area contributed by atoms with Gasteiger partial charge >= 0.3 is 0 Å². The Kier molecular flexibility index (Phi) is 4.77. The van der Waals surface area contributed by atoms with E-state index in [1.54, 1.807) is 24.1 Å². The summed E-state index contributed by atoms with van der Waals surface area (Å²) >= 11 is 0. The van der Waals surface area contributed by atoms with Gasteiger partial charge in [0.25, 0.3) is 5.56 Å². The maximum absolute atomic E-state index is 13.2. The first kappa shape index (κ1) is 17.7. The number of hydrogen-bond acceptors (Lipinski definition) is 3. The molecule has 4 rings (SSSR count). The van der Waals surface area contributed by atoms with Gasteiger partial charge in [-0.05, 0) is 41.5 Å². The van der Waals surface area contributed by atoms with Crippen molar-refractivity contribution in [2.45, 2.75) is 0 Å². The lowest BCUT2D eigenvalue weighted by molar-refractivity contribution is 0.415. The summed E-state index contributed by atoms with van der Waals surface area (Å²) in [6.45, 7) is 0. The molecule has 0 aliphatic rings. The molecule has 4 heteroatoms. The summed E-state index contributed by atoms with van der Waals surface area (Å²) < 4.78 is 7.01. The summed E-state index contributed by atoms with van der Waals surface area (Å²) in [7, 11) is 3.47. The third-order valence-corrected chi connectivity index (χ3v) is 4.85. The first-order chi connectivity index (χ1) is 13.7. The van der Waals surface area contributed by atoms with E-state index in [9.17, 15) is 4.79 Å². The maximum atomic E-state index is 13.2. The number of ether oxygens (including phenoxy) is 1. The second kappa shape index (κ2) is 7.53. The standard InChI is InChI=1S/C24H20N2O2/c1-26-23(19-12-14-25-15-13-19)21(18-8-10-20(28-2)11-9-18)16-22(24(26)27)17-6-4-3-5-7-17/h3-16H,1-2H3. The maximum Gasteiger partial charge on any atom is 0.258 e. The van der Waals surface area contributed by atoms with Gasteiger partial charge in [-0.3, -0.25) is 9.78 Å². The fourth-order valence-corrected chi connectivity index (χ4v) is 3.41. The summed E-state index contributed by atoms with van der Waals surface area (Å²) in [6, 6.07) is 23.5. The van der Waals surface area contributed by atoms with Crippen LogP contribution in [0.5, 0.6) is 5.75 Å². The highest BCUT2D eigenvalue weighted by molar-refractivity contribution is 5.84. The van der Waals surface area contributed by atoms with Crippen molar-refractivity contribution in [2.24, 2.45) is 7.05 Å². The summed E-state index contributed by atoms with van der Waals surface area (Å²) in [5.74, 6) is 0.794. The highest BCUT2D eigenvalue weighted by atomic mass is 16.5. The monoisotopic (exact) mass is 368 g/mol. The van der Waals surface area contributed by atoms with Crippen LogP contribution in [0.2, 0.25) is 0 Å². The van der Waals surface area contributed by atoms with Crippen LogP contribution < -0.4 is 10.3 Å². The van der Waals surface area contributed by atoms with E-state index >= 15 is 0 Å². The second-order valence-corrected chi connectivity index (χ2v) is 6.51. The molecule has 2 aromatic carbocycles. The van der Waals surface area contributed by atoms with Gasteiger partial charge in [0, 0.05) is 36.1 Å². The van der Waals surface area contributed by atoms with Crippen LogP contribution in [0.3, 0.4) is 0 Å². The molecule has 138 valence electrons. The molecule has 0 unspecified atom stereocenters. The summed E-state index contributed by atoms with van der Waals surface area (Å²) in [6.07, 6.45) is 3.48. The van der Waals surface area contributed by atoms with Crippen molar-refractivity contribution in [3.05, 3.63) is 95.5 Å². The molecule has 0 aliphatic carbocycles. The zero-order valence-electron chi connectivity index (χ0n) is 15.8. The molecule has 0 saturated heterocycles. The fraction of sp³-hybridized carbons (Fsp3) is 0.0833. The first-order valence-corrected chi connectivity index (χ1v) is 9.03. The van der Waals surface area contributed by atoms with Gasteiger partial charge in [0.05, 0.1) is 12.8 Å². The summed E-state index contributed by atoms with van der Waals surface area (Å²) in [4.78, 5) is 17.3. The van der Waals surface area contributed by atoms with Crippen molar-refractivity contribution in [3.63, 3.8) is 0 Å². The Balaban J connectivity index is 2.02. The lowest BCUT2D eigenvalue weighted by atomic mass is 9.95. The number of aromatic nitrogens is 2. The van der Waals surface area contributed by atoms with Gasteiger partial charge in [-0.1, -0.05) is 42.5 Å². The molecule has 0 N–H and O–H groups in total. The average Bonchev–Trinajstić information content (AvgIpc) is 2.77. The Morgan fingerprint density at radius 3 is 2.07 bits per heavy atom.